The lowest BCUT2D eigenvalue weighted by Crippen LogP contribution is -1.89. The second-order valence-electron chi connectivity index (χ2n) is 2.14. The molecule has 0 fully saturated rings. The Morgan fingerprint density at radius 1 is 1.64 bits per heavy atom. The molecule has 1 aromatic heterocycles. The molecule has 0 N–H and O–H groups in total. The largest absolute Gasteiger partial charge is 0.260 e. The number of rotatable bonds is 2. The molecule has 2 heteroatoms. The highest BCUT2D eigenvalue weighted by molar-refractivity contribution is 9.10. The SMILES string of the molecule is C#CCCc1ncccc1Br. The zero-order chi connectivity index (χ0) is 8.10. The minimum Gasteiger partial charge on any atom is -0.260 e. The highest BCUT2D eigenvalue weighted by Gasteiger charge is 1.96. The molecule has 0 aliphatic rings. The summed E-state index contributed by atoms with van der Waals surface area (Å²) >= 11 is 3.40. The maximum atomic E-state index is 5.13. The van der Waals surface area contributed by atoms with Crippen molar-refractivity contribution in [3.05, 3.63) is 28.5 Å². The molecule has 0 unspecified atom stereocenters. The Bertz CT molecular complexity index is 275. The molecular formula is C9H8BrN. The summed E-state index contributed by atoms with van der Waals surface area (Å²) in [7, 11) is 0. The maximum absolute atomic E-state index is 5.13. The average Bonchev–Trinajstić information content (AvgIpc) is 2.03. The number of halogens is 1. The Balaban J connectivity index is 2.71. The predicted octanol–water partition coefficient (Wildman–Crippen LogP) is 2.41. The summed E-state index contributed by atoms with van der Waals surface area (Å²) in [5, 5.41) is 0. The fourth-order valence-electron chi connectivity index (χ4n) is 0.793. The molecule has 1 rings (SSSR count). The molecule has 0 amide bonds. The Labute approximate surface area is 75.0 Å². The van der Waals surface area contributed by atoms with Gasteiger partial charge < -0.3 is 0 Å². The van der Waals surface area contributed by atoms with Crippen LogP contribution in [0.25, 0.3) is 0 Å². The van der Waals surface area contributed by atoms with E-state index < -0.39 is 0 Å². The average molecular weight is 210 g/mol. The number of aromatic nitrogens is 1. The van der Waals surface area contributed by atoms with Crippen LogP contribution < -0.4 is 0 Å². The summed E-state index contributed by atoms with van der Waals surface area (Å²) in [5.41, 5.74) is 1.03. The summed E-state index contributed by atoms with van der Waals surface area (Å²) in [6.45, 7) is 0. The fraction of sp³-hybridized carbons (Fsp3) is 0.222. The van der Waals surface area contributed by atoms with Gasteiger partial charge in [-0.05, 0) is 28.1 Å². The molecule has 0 bridgehead atoms. The van der Waals surface area contributed by atoms with E-state index in [1.54, 1.807) is 6.20 Å². The van der Waals surface area contributed by atoms with Gasteiger partial charge >= 0.3 is 0 Å². The van der Waals surface area contributed by atoms with Crippen molar-refractivity contribution >= 4 is 15.9 Å². The molecule has 0 saturated heterocycles. The monoisotopic (exact) mass is 209 g/mol. The van der Waals surface area contributed by atoms with Gasteiger partial charge in [0.15, 0.2) is 0 Å². The van der Waals surface area contributed by atoms with Crippen LogP contribution in [0.5, 0.6) is 0 Å². The Morgan fingerprint density at radius 3 is 3.09 bits per heavy atom. The number of nitrogens with zero attached hydrogens (tertiary/aromatic N) is 1. The van der Waals surface area contributed by atoms with Gasteiger partial charge in [0.2, 0.25) is 0 Å². The van der Waals surface area contributed by atoms with Crippen LogP contribution in [0, 0.1) is 12.3 Å². The topological polar surface area (TPSA) is 12.9 Å². The van der Waals surface area contributed by atoms with Crippen molar-refractivity contribution < 1.29 is 0 Å². The number of aryl methyl sites for hydroxylation is 1. The molecule has 11 heavy (non-hydrogen) atoms. The van der Waals surface area contributed by atoms with E-state index in [0.29, 0.717) is 0 Å². The summed E-state index contributed by atoms with van der Waals surface area (Å²) < 4.78 is 1.04. The minimum atomic E-state index is 0.746. The first-order valence-corrected chi connectivity index (χ1v) is 4.16. The standard InChI is InChI=1S/C9H8BrN/c1-2-3-6-9-8(10)5-4-7-11-9/h1,4-5,7H,3,6H2. The van der Waals surface area contributed by atoms with Crippen molar-refractivity contribution in [3.63, 3.8) is 0 Å². The Hall–Kier alpha value is -0.810. The second-order valence-corrected chi connectivity index (χ2v) is 2.99. The van der Waals surface area contributed by atoms with E-state index in [4.69, 9.17) is 6.42 Å². The third-order valence-electron chi connectivity index (χ3n) is 1.34. The second kappa shape index (κ2) is 4.15. The normalized spacial score (nSPS) is 9.09. The van der Waals surface area contributed by atoms with Crippen LogP contribution in [-0.2, 0) is 6.42 Å². The van der Waals surface area contributed by atoms with E-state index >= 15 is 0 Å². The van der Waals surface area contributed by atoms with E-state index in [9.17, 15) is 0 Å². The predicted molar refractivity (Wildman–Crippen MR) is 49.1 cm³/mol. The summed E-state index contributed by atoms with van der Waals surface area (Å²) in [5.74, 6) is 2.58. The summed E-state index contributed by atoms with van der Waals surface area (Å²) in [6.07, 6.45) is 8.50. The molecule has 0 aliphatic carbocycles. The summed E-state index contributed by atoms with van der Waals surface area (Å²) in [6, 6.07) is 3.86. The molecule has 56 valence electrons. The van der Waals surface area contributed by atoms with Crippen LogP contribution in [0.1, 0.15) is 12.1 Å². The molecule has 1 aromatic rings. The molecule has 0 aromatic carbocycles. The highest BCUT2D eigenvalue weighted by atomic mass is 79.9. The van der Waals surface area contributed by atoms with Crippen molar-refractivity contribution in [2.75, 3.05) is 0 Å². The molecule has 0 saturated carbocycles. The first kappa shape index (κ1) is 8.29. The van der Waals surface area contributed by atoms with Crippen LogP contribution in [-0.4, -0.2) is 4.98 Å². The number of terminal acetylenes is 1. The quantitative estimate of drug-likeness (QED) is 0.683. The molecule has 1 heterocycles. The van der Waals surface area contributed by atoms with Gasteiger partial charge in [0, 0.05) is 23.5 Å². The molecule has 0 atom stereocenters. The van der Waals surface area contributed by atoms with Crippen LogP contribution in [0.3, 0.4) is 0 Å². The lowest BCUT2D eigenvalue weighted by atomic mass is 10.2. The highest BCUT2D eigenvalue weighted by Crippen LogP contribution is 2.14. The Kier molecular flexibility index (Phi) is 3.13. The smallest absolute Gasteiger partial charge is 0.0554 e. The lowest BCUT2D eigenvalue weighted by molar-refractivity contribution is 0.954. The van der Waals surface area contributed by atoms with Crippen LogP contribution >= 0.6 is 15.9 Å². The molecular weight excluding hydrogens is 202 g/mol. The van der Waals surface area contributed by atoms with Gasteiger partial charge in [-0.15, -0.1) is 12.3 Å². The van der Waals surface area contributed by atoms with Crippen LogP contribution in [0.15, 0.2) is 22.8 Å². The van der Waals surface area contributed by atoms with E-state index in [2.05, 4.69) is 26.8 Å². The number of pyridine rings is 1. The number of hydrogen-bond acceptors (Lipinski definition) is 1. The van der Waals surface area contributed by atoms with Gasteiger partial charge in [-0.2, -0.15) is 0 Å². The zero-order valence-corrected chi connectivity index (χ0v) is 7.63. The van der Waals surface area contributed by atoms with Gasteiger partial charge in [-0.3, -0.25) is 4.98 Å². The van der Waals surface area contributed by atoms with Crippen molar-refractivity contribution in [1.82, 2.24) is 4.98 Å². The van der Waals surface area contributed by atoms with Gasteiger partial charge in [-0.1, -0.05) is 0 Å². The van der Waals surface area contributed by atoms with E-state index in [1.807, 2.05) is 12.1 Å². The number of hydrogen-bond donors (Lipinski definition) is 0. The van der Waals surface area contributed by atoms with Crippen molar-refractivity contribution in [2.24, 2.45) is 0 Å². The first-order chi connectivity index (χ1) is 5.34. The van der Waals surface area contributed by atoms with Gasteiger partial charge in [-0.25, -0.2) is 0 Å². The van der Waals surface area contributed by atoms with Crippen molar-refractivity contribution in [2.45, 2.75) is 12.8 Å². The Morgan fingerprint density at radius 2 is 2.45 bits per heavy atom. The van der Waals surface area contributed by atoms with Crippen LogP contribution in [0.4, 0.5) is 0 Å². The van der Waals surface area contributed by atoms with Gasteiger partial charge in [0.05, 0.1) is 5.69 Å². The van der Waals surface area contributed by atoms with Gasteiger partial charge in [0.1, 0.15) is 0 Å². The first-order valence-electron chi connectivity index (χ1n) is 3.37. The van der Waals surface area contributed by atoms with Crippen LogP contribution in [0.2, 0.25) is 0 Å². The minimum absolute atomic E-state index is 0.746. The zero-order valence-electron chi connectivity index (χ0n) is 6.05. The van der Waals surface area contributed by atoms with Gasteiger partial charge in [0.25, 0.3) is 0 Å². The van der Waals surface area contributed by atoms with E-state index in [1.165, 1.54) is 0 Å². The maximum Gasteiger partial charge on any atom is 0.0554 e. The molecule has 0 spiro atoms. The lowest BCUT2D eigenvalue weighted by Gasteiger charge is -1.98. The summed E-state index contributed by atoms with van der Waals surface area (Å²) in [4.78, 5) is 4.17. The van der Waals surface area contributed by atoms with E-state index in [-0.39, 0.29) is 0 Å². The third kappa shape index (κ3) is 2.36. The molecule has 0 radical (unpaired) electrons. The van der Waals surface area contributed by atoms with Crippen molar-refractivity contribution in [3.8, 4) is 12.3 Å². The third-order valence-corrected chi connectivity index (χ3v) is 2.06. The molecule has 1 nitrogen and oxygen atoms in total. The molecule has 0 aliphatic heterocycles. The van der Waals surface area contributed by atoms with Crippen molar-refractivity contribution in [1.29, 1.82) is 0 Å². The fourth-order valence-corrected chi connectivity index (χ4v) is 1.25. The van der Waals surface area contributed by atoms with E-state index in [0.717, 1.165) is 23.0 Å².